The van der Waals surface area contributed by atoms with Crippen LogP contribution in [0.5, 0.6) is 0 Å². The molecule has 1 atom stereocenters. The first kappa shape index (κ1) is 12.2. The van der Waals surface area contributed by atoms with E-state index < -0.39 is 0 Å². The summed E-state index contributed by atoms with van der Waals surface area (Å²) in [5.74, 6) is -0.282. The molecule has 1 aromatic carbocycles. The fourth-order valence-corrected chi connectivity index (χ4v) is 3.35. The van der Waals surface area contributed by atoms with E-state index in [0.29, 0.717) is 4.47 Å². The molecule has 0 saturated heterocycles. The number of halogens is 3. The fraction of sp³-hybridized carbons (Fsp3) is 0.0909. The summed E-state index contributed by atoms with van der Waals surface area (Å²) in [6.07, 6.45) is 0. The van der Waals surface area contributed by atoms with Gasteiger partial charge >= 0.3 is 0 Å². The molecule has 0 saturated carbocycles. The van der Waals surface area contributed by atoms with Crippen LogP contribution in [0.3, 0.4) is 0 Å². The number of hydrogen-bond acceptors (Lipinski definition) is 2. The third kappa shape index (κ3) is 2.71. The van der Waals surface area contributed by atoms with E-state index in [0.717, 1.165) is 14.2 Å². The van der Waals surface area contributed by atoms with E-state index in [-0.39, 0.29) is 11.9 Å². The second-order valence-electron chi connectivity index (χ2n) is 3.32. The van der Waals surface area contributed by atoms with Crippen molar-refractivity contribution in [3.8, 4) is 0 Å². The van der Waals surface area contributed by atoms with E-state index in [1.807, 2.05) is 18.2 Å². The van der Waals surface area contributed by atoms with Gasteiger partial charge in [0.25, 0.3) is 0 Å². The standard InChI is InChI=1S/C11H8Br2FNS/c12-7-3-6(4-8(14)5-7)11(15)9-1-2-10(13)16-9/h1-5,11H,15H2. The van der Waals surface area contributed by atoms with Crippen LogP contribution in [-0.2, 0) is 0 Å². The summed E-state index contributed by atoms with van der Waals surface area (Å²) in [6.45, 7) is 0. The summed E-state index contributed by atoms with van der Waals surface area (Å²) in [7, 11) is 0. The van der Waals surface area contributed by atoms with E-state index in [2.05, 4.69) is 31.9 Å². The van der Waals surface area contributed by atoms with E-state index in [9.17, 15) is 4.39 Å². The van der Waals surface area contributed by atoms with Gasteiger partial charge in [-0.2, -0.15) is 0 Å². The first-order valence-corrected chi connectivity index (χ1v) is 6.93. The highest BCUT2D eigenvalue weighted by molar-refractivity contribution is 9.11. The highest BCUT2D eigenvalue weighted by atomic mass is 79.9. The molecule has 1 aromatic heterocycles. The molecule has 2 aromatic rings. The average molecular weight is 365 g/mol. The van der Waals surface area contributed by atoms with E-state index in [1.54, 1.807) is 11.3 Å². The van der Waals surface area contributed by atoms with Gasteiger partial charge in [-0.15, -0.1) is 11.3 Å². The van der Waals surface area contributed by atoms with Crippen LogP contribution in [0.25, 0.3) is 0 Å². The molecule has 0 radical (unpaired) electrons. The van der Waals surface area contributed by atoms with Crippen molar-refractivity contribution in [3.63, 3.8) is 0 Å². The molecule has 2 N–H and O–H groups in total. The molecule has 2 rings (SSSR count). The van der Waals surface area contributed by atoms with Gasteiger partial charge in [0.15, 0.2) is 0 Å². The van der Waals surface area contributed by atoms with Gasteiger partial charge < -0.3 is 5.73 Å². The lowest BCUT2D eigenvalue weighted by molar-refractivity contribution is 0.623. The summed E-state index contributed by atoms with van der Waals surface area (Å²) in [6, 6.07) is 8.31. The van der Waals surface area contributed by atoms with Crippen molar-refractivity contribution in [2.75, 3.05) is 0 Å². The Labute approximate surface area is 114 Å². The van der Waals surface area contributed by atoms with Crippen LogP contribution in [0.1, 0.15) is 16.5 Å². The Bertz CT molecular complexity index is 492. The normalized spacial score (nSPS) is 12.8. The first-order valence-electron chi connectivity index (χ1n) is 4.53. The third-order valence-electron chi connectivity index (χ3n) is 2.14. The van der Waals surface area contributed by atoms with E-state index in [4.69, 9.17) is 5.73 Å². The summed E-state index contributed by atoms with van der Waals surface area (Å²) < 4.78 is 14.9. The van der Waals surface area contributed by atoms with Gasteiger partial charge in [-0.3, -0.25) is 0 Å². The van der Waals surface area contributed by atoms with Crippen molar-refractivity contribution in [3.05, 3.63) is 54.8 Å². The largest absolute Gasteiger partial charge is 0.320 e. The second kappa shape index (κ2) is 4.96. The van der Waals surface area contributed by atoms with Crippen LogP contribution < -0.4 is 5.73 Å². The smallest absolute Gasteiger partial charge is 0.124 e. The minimum atomic E-state index is -0.289. The van der Waals surface area contributed by atoms with Gasteiger partial charge in [-0.1, -0.05) is 15.9 Å². The summed E-state index contributed by atoms with van der Waals surface area (Å²) in [5, 5.41) is 0. The maximum Gasteiger partial charge on any atom is 0.124 e. The van der Waals surface area contributed by atoms with Gasteiger partial charge in [0.1, 0.15) is 5.82 Å². The van der Waals surface area contributed by atoms with Crippen LogP contribution in [0.2, 0.25) is 0 Å². The molecule has 5 heteroatoms. The molecule has 0 fully saturated rings. The van der Waals surface area contributed by atoms with Crippen molar-refractivity contribution in [1.29, 1.82) is 0 Å². The summed E-state index contributed by atoms with van der Waals surface area (Å²) in [5.41, 5.74) is 6.83. The SMILES string of the molecule is NC(c1cc(F)cc(Br)c1)c1ccc(Br)s1. The maximum absolute atomic E-state index is 13.2. The van der Waals surface area contributed by atoms with Gasteiger partial charge in [0, 0.05) is 9.35 Å². The number of benzene rings is 1. The number of rotatable bonds is 2. The Morgan fingerprint density at radius 3 is 2.50 bits per heavy atom. The zero-order valence-electron chi connectivity index (χ0n) is 8.08. The van der Waals surface area contributed by atoms with Gasteiger partial charge in [0.05, 0.1) is 9.83 Å². The van der Waals surface area contributed by atoms with E-state index in [1.165, 1.54) is 12.1 Å². The molecule has 0 amide bonds. The van der Waals surface area contributed by atoms with Gasteiger partial charge in [0.2, 0.25) is 0 Å². The molecule has 1 nitrogen and oxygen atoms in total. The average Bonchev–Trinajstić information content (AvgIpc) is 2.62. The molecule has 0 aliphatic carbocycles. The lowest BCUT2D eigenvalue weighted by atomic mass is 10.1. The number of nitrogens with two attached hydrogens (primary N) is 1. The van der Waals surface area contributed by atoms with Crippen molar-refractivity contribution in [1.82, 2.24) is 0 Å². The highest BCUT2D eigenvalue weighted by Crippen LogP contribution is 2.31. The minimum Gasteiger partial charge on any atom is -0.320 e. The predicted octanol–water partition coefficient (Wildman–Crippen LogP) is 4.46. The molecule has 0 aliphatic heterocycles. The quantitative estimate of drug-likeness (QED) is 0.836. The molecule has 1 heterocycles. The molecule has 0 bridgehead atoms. The molecule has 84 valence electrons. The van der Waals surface area contributed by atoms with Crippen LogP contribution in [0.4, 0.5) is 4.39 Å². The monoisotopic (exact) mass is 363 g/mol. The Morgan fingerprint density at radius 1 is 1.19 bits per heavy atom. The summed E-state index contributed by atoms with van der Waals surface area (Å²) >= 11 is 8.20. The molecule has 0 aliphatic rings. The van der Waals surface area contributed by atoms with Gasteiger partial charge in [-0.05, 0) is 51.8 Å². The lowest BCUT2D eigenvalue weighted by Crippen LogP contribution is -2.10. The van der Waals surface area contributed by atoms with Crippen LogP contribution >= 0.6 is 43.2 Å². The Kier molecular flexibility index (Phi) is 3.79. The fourth-order valence-electron chi connectivity index (χ4n) is 1.41. The van der Waals surface area contributed by atoms with Crippen molar-refractivity contribution >= 4 is 43.2 Å². The Morgan fingerprint density at radius 2 is 1.94 bits per heavy atom. The van der Waals surface area contributed by atoms with Crippen LogP contribution in [0, 0.1) is 5.82 Å². The van der Waals surface area contributed by atoms with Crippen LogP contribution in [0.15, 0.2) is 38.6 Å². The first-order chi connectivity index (χ1) is 7.56. The molecule has 0 spiro atoms. The maximum atomic E-state index is 13.2. The molecular formula is C11H8Br2FNS. The Balaban J connectivity index is 2.37. The van der Waals surface area contributed by atoms with Crippen molar-refractivity contribution in [2.45, 2.75) is 6.04 Å². The van der Waals surface area contributed by atoms with E-state index >= 15 is 0 Å². The zero-order valence-corrected chi connectivity index (χ0v) is 12.1. The number of hydrogen-bond donors (Lipinski definition) is 1. The molecular weight excluding hydrogens is 357 g/mol. The number of thiophene rings is 1. The Hall–Kier alpha value is -0.230. The zero-order chi connectivity index (χ0) is 11.7. The van der Waals surface area contributed by atoms with Gasteiger partial charge in [-0.25, -0.2) is 4.39 Å². The summed E-state index contributed by atoms with van der Waals surface area (Å²) in [4.78, 5) is 1.00. The minimum absolute atomic E-state index is 0.282. The highest BCUT2D eigenvalue weighted by Gasteiger charge is 2.12. The third-order valence-corrected chi connectivity index (χ3v) is 4.31. The topological polar surface area (TPSA) is 26.0 Å². The van der Waals surface area contributed by atoms with Crippen molar-refractivity contribution in [2.24, 2.45) is 5.73 Å². The second-order valence-corrected chi connectivity index (χ2v) is 6.73. The molecule has 1 unspecified atom stereocenters. The van der Waals surface area contributed by atoms with Crippen molar-refractivity contribution < 1.29 is 4.39 Å². The van der Waals surface area contributed by atoms with Crippen LogP contribution in [-0.4, -0.2) is 0 Å². The predicted molar refractivity (Wildman–Crippen MR) is 72.1 cm³/mol. The lowest BCUT2D eigenvalue weighted by Gasteiger charge is -2.10. The molecule has 16 heavy (non-hydrogen) atoms.